The summed E-state index contributed by atoms with van der Waals surface area (Å²) >= 11 is 6.06. The van der Waals surface area contributed by atoms with Crippen LogP contribution in [0.1, 0.15) is 15.9 Å². The highest BCUT2D eigenvalue weighted by Crippen LogP contribution is 2.23. The summed E-state index contributed by atoms with van der Waals surface area (Å²) in [5.41, 5.74) is 3.11. The minimum atomic E-state index is -0.164. The molecule has 0 aliphatic rings. The van der Waals surface area contributed by atoms with Crippen LogP contribution in [-0.2, 0) is 0 Å². The number of imidazole rings is 1. The third-order valence-electron chi connectivity index (χ3n) is 3.45. The van der Waals surface area contributed by atoms with Crippen molar-refractivity contribution in [3.05, 3.63) is 77.3 Å². The van der Waals surface area contributed by atoms with Gasteiger partial charge in [-0.15, -0.1) is 0 Å². The van der Waals surface area contributed by atoms with Crippen LogP contribution in [0.5, 0.6) is 0 Å². The second-order valence-electron chi connectivity index (χ2n) is 4.88. The highest BCUT2D eigenvalue weighted by Gasteiger charge is 2.09. The molecule has 3 rings (SSSR count). The summed E-state index contributed by atoms with van der Waals surface area (Å²) in [6.45, 7) is 1.88. The normalized spacial score (nSPS) is 10.5. The molecule has 0 aliphatic heterocycles. The van der Waals surface area contributed by atoms with Crippen LogP contribution < -0.4 is 5.32 Å². The number of rotatable bonds is 3. The zero-order chi connectivity index (χ0) is 15.5. The van der Waals surface area contributed by atoms with Gasteiger partial charge in [0.15, 0.2) is 0 Å². The quantitative estimate of drug-likeness (QED) is 0.792. The lowest BCUT2D eigenvalue weighted by Gasteiger charge is -2.10. The lowest BCUT2D eigenvalue weighted by atomic mass is 10.1. The third kappa shape index (κ3) is 2.87. The van der Waals surface area contributed by atoms with Gasteiger partial charge < -0.3 is 9.88 Å². The Balaban J connectivity index is 1.79. The van der Waals surface area contributed by atoms with E-state index in [1.807, 2.05) is 42.0 Å². The molecule has 0 spiro atoms. The highest BCUT2D eigenvalue weighted by molar-refractivity contribution is 6.31. The number of aromatic nitrogens is 2. The van der Waals surface area contributed by atoms with Gasteiger partial charge in [0.2, 0.25) is 0 Å². The molecule has 0 fully saturated rings. The van der Waals surface area contributed by atoms with Gasteiger partial charge in [-0.25, -0.2) is 4.98 Å². The Bertz CT molecular complexity index is 795. The number of nitrogens with one attached hydrogen (secondary N) is 1. The topological polar surface area (TPSA) is 46.9 Å². The number of benzene rings is 2. The molecular formula is C17H14ClN3O. The largest absolute Gasteiger partial charge is 0.322 e. The van der Waals surface area contributed by atoms with Gasteiger partial charge in [0.05, 0.1) is 6.33 Å². The summed E-state index contributed by atoms with van der Waals surface area (Å²) in [7, 11) is 0. The molecule has 0 unspecified atom stereocenters. The van der Waals surface area contributed by atoms with Gasteiger partial charge in [0.1, 0.15) is 0 Å². The molecule has 1 N–H and O–H groups in total. The molecule has 22 heavy (non-hydrogen) atoms. The number of nitrogens with zero attached hydrogens (tertiary/aromatic N) is 2. The van der Waals surface area contributed by atoms with E-state index in [0.29, 0.717) is 10.6 Å². The molecule has 1 amide bonds. The zero-order valence-electron chi connectivity index (χ0n) is 12.0. The van der Waals surface area contributed by atoms with Crippen molar-refractivity contribution in [1.29, 1.82) is 0 Å². The van der Waals surface area contributed by atoms with Gasteiger partial charge in [-0.3, -0.25) is 4.79 Å². The van der Waals surface area contributed by atoms with Crippen molar-refractivity contribution in [2.75, 3.05) is 5.32 Å². The Labute approximate surface area is 133 Å². The van der Waals surface area contributed by atoms with E-state index in [2.05, 4.69) is 10.3 Å². The smallest absolute Gasteiger partial charge is 0.255 e. The van der Waals surface area contributed by atoms with Crippen LogP contribution in [0.15, 0.2) is 61.2 Å². The summed E-state index contributed by atoms with van der Waals surface area (Å²) in [5, 5.41) is 3.51. The maximum atomic E-state index is 12.3. The SMILES string of the molecule is Cc1c(Cl)cccc1NC(=O)c1ccc(-n2ccnc2)cc1. The maximum absolute atomic E-state index is 12.3. The molecule has 1 aromatic heterocycles. The molecular weight excluding hydrogens is 298 g/mol. The first-order valence-electron chi connectivity index (χ1n) is 6.80. The van der Waals surface area contributed by atoms with E-state index < -0.39 is 0 Å². The van der Waals surface area contributed by atoms with E-state index in [0.717, 1.165) is 16.9 Å². The van der Waals surface area contributed by atoms with Crippen LogP contribution in [0, 0.1) is 6.92 Å². The van der Waals surface area contributed by atoms with Crippen molar-refractivity contribution in [2.24, 2.45) is 0 Å². The average molecular weight is 312 g/mol. The Morgan fingerprint density at radius 1 is 1.18 bits per heavy atom. The summed E-state index contributed by atoms with van der Waals surface area (Å²) in [6.07, 6.45) is 5.28. The zero-order valence-corrected chi connectivity index (χ0v) is 12.7. The number of carbonyl (C=O) groups excluding carboxylic acids is 1. The van der Waals surface area contributed by atoms with Gasteiger partial charge in [0.25, 0.3) is 5.91 Å². The number of hydrogen-bond donors (Lipinski definition) is 1. The van der Waals surface area contributed by atoms with Crippen molar-refractivity contribution in [3.8, 4) is 5.69 Å². The molecule has 0 saturated heterocycles. The van der Waals surface area contributed by atoms with E-state index in [4.69, 9.17) is 11.6 Å². The van der Waals surface area contributed by atoms with Crippen molar-refractivity contribution in [2.45, 2.75) is 6.92 Å². The summed E-state index contributed by atoms with van der Waals surface area (Å²) < 4.78 is 1.88. The van der Waals surface area contributed by atoms with Crippen LogP contribution >= 0.6 is 11.6 Å². The Morgan fingerprint density at radius 3 is 2.64 bits per heavy atom. The lowest BCUT2D eigenvalue weighted by molar-refractivity contribution is 0.102. The molecule has 2 aromatic carbocycles. The Morgan fingerprint density at radius 2 is 1.95 bits per heavy atom. The molecule has 3 aromatic rings. The Hall–Kier alpha value is -2.59. The second-order valence-corrected chi connectivity index (χ2v) is 5.29. The van der Waals surface area contributed by atoms with Crippen LogP contribution in [0.3, 0.4) is 0 Å². The van der Waals surface area contributed by atoms with E-state index in [1.165, 1.54) is 0 Å². The summed E-state index contributed by atoms with van der Waals surface area (Å²) in [5.74, 6) is -0.164. The fourth-order valence-corrected chi connectivity index (χ4v) is 2.31. The first-order valence-corrected chi connectivity index (χ1v) is 7.18. The molecule has 0 atom stereocenters. The molecule has 0 saturated carbocycles. The highest BCUT2D eigenvalue weighted by atomic mass is 35.5. The Kier molecular flexibility index (Phi) is 3.94. The molecule has 110 valence electrons. The number of anilines is 1. The van der Waals surface area contributed by atoms with E-state index in [9.17, 15) is 4.79 Å². The maximum Gasteiger partial charge on any atom is 0.255 e. The predicted octanol–water partition coefficient (Wildman–Crippen LogP) is 4.09. The summed E-state index contributed by atoms with van der Waals surface area (Å²) in [4.78, 5) is 16.3. The van der Waals surface area contributed by atoms with Crippen molar-refractivity contribution in [3.63, 3.8) is 0 Å². The minimum Gasteiger partial charge on any atom is -0.322 e. The number of amides is 1. The molecule has 0 aliphatic carbocycles. The third-order valence-corrected chi connectivity index (χ3v) is 3.86. The van der Waals surface area contributed by atoms with E-state index in [-0.39, 0.29) is 5.91 Å². The molecule has 5 heteroatoms. The fraction of sp³-hybridized carbons (Fsp3) is 0.0588. The molecule has 0 radical (unpaired) electrons. The van der Waals surface area contributed by atoms with E-state index >= 15 is 0 Å². The first kappa shape index (κ1) is 14.4. The minimum absolute atomic E-state index is 0.164. The van der Waals surface area contributed by atoms with Crippen LogP contribution in [0.2, 0.25) is 5.02 Å². The van der Waals surface area contributed by atoms with Gasteiger partial charge >= 0.3 is 0 Å². The van der Waals surface area contributed by atoms with Crippen molar-refractivity contribution >= 4 is 23.2 Å². The molecule has 4 nitrogen and oxygen atoms in total. The average Bonchev–Trinajstić information content (AvgIpc) is 3.06. The lowest BCUT2D eigenvalue weighted by Crippen LogP contribution is -2.12. The monoisotopic (exact) mass is 311 g/mol. The number of hydrogen-bond acceptors (Lipinski definition) is 2. The van der Waals surface area contributed by atoms with Crippen molar-refractivity contribution in [1.82, 2.24) is 9.55 Å². The molecule has 1 heterocycles. The van der Waals surface area contributed by atoms with Crippen LogP contribution in [0.4, 0.5) is 5.69 Å². The fourth-order valence-electron chi connectivity index (χ4n) is 2.13. The number of carbonyl (C=O) groups is 1. The van der Waals surface area contributed by atoms with Crippen LogP contribution in [-0.4, -0.2) is 15.5 Å². The molecule has 0 bridgehead atoms. The predicted molar refractivity (Wildman–Crippen MR) is 87.7 cm³/mol. The van der Waals surface area contributed by atoms with E-state index in [1.54, 1.807) is 30.7 Å². The number of halogens is 1. The van der Waals surface area contributed by atoms with Crippen LogP contribution in [0.25, 0.3) is 5.69 Å². The second kappa shape index (κ2) is 6.03. The van der Waals surface area contributed by atoms with Gasteiger partial charge in [-0.2, -0.15) is 0 Å². The first-order chi connectivity index (χ1) is 10.6. The van der Waals surface area contributed by atoms with Gasteiger partial charge in [-0.1, -0.05) is 17.7 Å². The van der Waals surface area contributed by atoms with Gasteiger partial charge in [-0.05, 0) is 48.9 Å². The summed E-state index contributed by atoms with van der Waals surface area (Å²) in [6, 6.07) is 12.8. The van der Waals surface area contributed by atoms with Gasteiger partial charge in [0, 0.05) is 34.4 Å². The standard InChI is InChI=1S/C17H14ClN3O/c1-12-15(18)3-2-4-16(12)20-17(22)13-5-7-14(8-6-13)21-10-9-19-11-21/h2-11H,1H3,(H,20,22). The van der Waals surface area contributed by atoms with Crippen molar-refractivity contribution < 1.29 is 4.79 Å².